The lowest BCUT2D eigenvalue weighted by Crippen LogP contribution is -2.43. The van der Waals surface area contributed by atoms with Crippen LogP contribution >= 0.6 is 0 Å². The third-order valence-corrected chi connectivity index (χ3v) is 4.11. The molecule has 2 atom stereocenters. The number of piperidine rings is 1. The predicted molar refractivity (Wildman–Crippen MR) is 79.1 cm³/mol. The zero-order valence-corrected chi connectivity index (χ0v) is 12.5. The van der Waals surface area contributed by atoms with E-state index in [0.29, 0.717) is 6.04 Å². The SMILES string of the molecule is CC(CNCC(O)c1ccc(F)cc1F)N1CCCCC1. The maximum atomic E-state index is 13.5. The molecule has 1 aliphatic rings. The van der Waals surface area contributed by atoms with E-state index in [-0.39, 0.29) is 12.1 Å². The number of nitrogens with zero attached hydrogens (tertiary/aromatic N) is 1. The summed E-state index contributed by atoms with van der Waals surface area (Å²) < 4.78 is 26.4. The van der Waals surface area contributed by atoms with Crippen LogP contribution in [-0.2, 0) is 0 Å². The van der Waals surface area contributed by atoms with Gasteiger partial charge in [-0.2, -0.15) is 0 Å². The molecule has 118 valence electrons. The molecule has 2 rings (SSSR count). The Labute approximate surface area is 125 Å². The molecule has 1 aliphatic heterocycles. The van der Waals surface area contributed by atoms with Crippen LogP contribution in [0.25, 0.3) is 0 Å². The van der Waals surface area contributed by atoms with Gasteiger partial charge in [0.25, 0.3) is 0 Å². The Kier molecular flexibility index (Phi) is 6.08. The number of halogens is 2. The Hall–Kier alpha value is -1.04. The van der Waals surface area contributed by atoms with Crippen molar-refractivity contribution in [1.29, 1.82) is 0 Å². The number of rotatable bonds is 6. The third kappa shape index (κ3) is 4.73. The quantitative estimate of drug-likeness (QED) is 0.847. The van der Waals surface area contributed by atoms with Crippen LogP contribution in [0.3, 0.4) is 0 Å². The number of hydrogen-bond donors (Lipinski definition) is 2. The minimum absolute atomic E-state index is 0.134. The van der Waals surface area contributed by atoms with Gasteiger partial charge in [0.2, 0.25) is 0 Å². The highest BCUT2D eigenvalue weighted by Gasteiger charge is 2.17. The molecular formula is C16H24F2N2O. The van der Waals surface area contributed by atoms with Crippen molar-refractivity contribution in [3.05, 3.63) is 35.4 Å². The van der Waals surface area contributed by atoms with Crippen LogP contribution in [0.15, 0.2) is 18.2 Å². The van der Waals surface area contributed by atoms with Crippen molar-refractivity contribution in [2.75, 3.05) is 26.2 Å². The van der Waals surface area contributed by atoms with Gasteiger partial charge < -0.3 is 10.4 Å². The molecule has 0 saturated carbocycles. The van der Waals surface area contributed by atoms with Crippen molar-refractivity contribution in [2.45, 2.75) is 38.3 Å². The topological polar surface area (TPSA) is 35.5 Å². The van der Waals surface area contributed by atoms with E-state index < -0.39 is 17.7 Å². The maximum Gasteiger partial charge on any atom is 0.131 e. The van der Waals surface area contributed by atoms with Crippen molar-refractivity contribution < 1.29 is 13.9 Å². The summed E-state index contributed by atoms with van der Waals surface area (Å²) in [7, 11) is 0. The molecule has 0 radical (unpaired) electrons. The van der Waals surface area contributed by atoms with Gasteiger partial charge in [-0.1, -0.05) is 12.5 Å². The molecule has 0 aromatic heterocycles. The number of nitrogens with one attached hydrogen (secondary N) is 1. The second-order valence-corrected chi connectivity index (χ2v) is 5.79. The number of benzene rings is 1. The second-order valence-electron chi connectivity index (χ2n) is 5.79. The van der Waals surface area contributed by atoms with E-state index in [0.717, 1.165) is 31.8 Å². The van der Waals surface area contributed by atoms with Crippen molar-refractivity contribution in [2.24, 2.45) is 0 Å². The van der Waals surface area contributed by atoms with E-state index in [9.17, 15) is 13.9 Å². The molecule has 1 aromatic carbocycles. The molecule has 1 saturated heterocycles. The fourth-order valence-electron chi connectivity index (χ4n) is 2.80. The summed E-state index contributed by atoms with van der Waals surface area (Å²) in [6.45, 7) is 5.42. The minimum Gasteiger partial charge on any atom is -0.387 e. The largest absolute Gasteiger partial charge is 0.387 e. The van der Waals surface area contributed by atoms with Crippen molar-refractivity contribution in [3.63, 3.8) is 0 Å². The molecule has 5 heteroatoms. The van der Waals surface area contributed by atoms with Gasteiger partial charge in [0.15, 0.2) is 0 Å². The average Bonchev–Trinajstić information content (AvgIpc) is 2.47. The molecule has 2 N–H and O–H groups in total. The average molecular weight is 298 g/mol. The lowest BCUT2D eigenvalue weighted by Gasteiger charge is -2.32. The van der Waals surface area contributed by atoms with Gasteiger partial charge >= 0.3 is 0 Å². The summed E-state index contributed by atoms with van der Waals surface area (Å²) in [6.07, 6.45) is 2.83. The van der Waals surface area contributed by atoms with Gasteiger partial charge in [-0.25, -0.2) is 8.78 Å². The summed E-state index contributed by atoms with van der Waals surface area (Å²) >= 11 is 0. The minimum atomic E-state index is -0.959. The highest BCUT2D eigenvalue weighted by molar-refractivity contribution is 5.21. The summed E-state index contributed by atoms with van der Waals surface area (Å²) in [5, 5.41) is 13.1. The molecule has 0 amide bonds. The Morgan fingerprint density at radius 1 is 1.19 bits per heavy atom. The predicted octanol–water partition coefficient (Wildman–Crippen LogP) is 2.46. The van der Waals surface area contributed by atoms with Gasteiger partial charge in [-0.15, -0.1) is 0 Å². The van der Waals surface area contributed by atoms with E-state index >= 15 is 0 Å². The lowest BCUT2D eigenvalue weighted by molar-refractivity contribution is 0.149. The molecule has 21 heavy (non-hydrogen) atoms. The van der Waals surface area contributed by atoms with Crippen LogP contribution in [0.5, 0.6) is 0 Å². The van der Waals surface area contributed by atoms with Gasteiger partial charge in [-0.3, -0.25) is 4.90 Å². The molecule has 1 heterocycles. The van der Waals surface area contributed by atoms with E-state index in [1.165, 1.54) is 25.3 Å². The first-order valence-electron chi connectivity index (χ1n) is 7.65. The molecule has 1 fully saturated rings. The Bertz CT molecular complexity index is 450. The summed E-state index contributed by atoms with van der Waals surface area (Å²) in [5.41, 5.74) is 0.134. The molecule has 0 aliphatic carbocycles. The van der Waals surface area contributed by atoms with Crippen LogP contribution in [0.2, 0.25) is 0 Å². The van der Waals surface area contributed by atoms with Crippen LogP contribution < -0.4 is 5.32 Å². The highest BCUT2D eigenvalue weighted by Crippen LogP contribution is 2.17. The monoisotopic (exact) mass is 298 g/mol. The van der Waals surface area contributed by atoms with Gasteiger partial charge in [0.05, 0.1) is 6.10 Å². The van der Waals surface area contributed by atoms with E-state index in [2.05, 4.69) is 17.1 Å². The first kappa shape index (κ1) is 16.3. The lowest BCUT2D eigenvalue weighted by atomic mass is 10.1. The molecular weight excluding hydrogens is 274 g/mol. The fraction of sp³-hybridized carbons (Fsp3) is 0.625. The van der Waals surface area contributed by atoms with Crippen molar-refractivity contribution in [1.82, 2.24) is 10.2 Å². The molecule has 1 aromatic rings. The summed E-state index contributed by atoms with van der Waals surface area (Å²) in [6, 6.07) is 3.66. The van der Waals surface area contributed by atoms with Crippen LogP contribution in [0, 0.1) is 11.6 Å². The van der Waals surface area contributed by atoms with Gasteiger partial charge in [-0.05, 0) is 38.9 Å². The normalized spacial score (nSPS) is 19.4. The number of aliphatic hydroxyl groups is 1. The number of likely N-dealkylation sites (tertiary alicyclic amines) is 1. The zero-order valence-electron chi connectivity index (χ0n) is 12.5. The van der Waals surface area contributed by atoms with Gasteiger partial charge in [0.1, 0.15) is 11.6 Å². The molecule has 3 nitrogen and oxygen atoms in total. The highest BCUT2D eigenvalue weighted by atomic mass is 19.1. The third-order valence-electron chi connectivity index (χ3n) is 4.11. The Morgan fingerprint density at radius 2 is 1.90 bits per heavy atom. The number of hydrogen-bond acceptors (Lipinski definition) is 3. The van der Waals surface area contributed by atoms with Crippen molar-refractivity contribution >= 4 is 0 Å². The van der Waals surface area contributed by atoms with E-state index in [1.807, 2.05) is 0 Å². The van der Waals surface area contributed by atoms with Crippen molar-refractivity contribution in [3.8, 4) is 0 Å². The smallest absolute Gasteiger partial charge is 0.131 e. The van der Waals surface area contributed by atoms with E-state index in [1.54, 1.807) is 0 Å². The number of aliphatic hydroxyl groups excluding tert-OH is 1. The fourth-order valence-corrected chi connectivity index (χ4v) is 2.80. The Morgan fingerprint density at radius 3 is 2.57 bits per heavy atom. The standard InChI is InChI=1S/C16H24F2N2O/c1-12(20-7-3-2-4-8-20)10-19-11-16(21)14-6-5-13(17)9-15(14)18/h5-6,9,12,16,19,21H,2-4,7-8,10-11H2,1H3. The van der Waals surface area contributed by atoms with Crippen LogP contribution in [0.1, 0.15) is 37.9 Å². The first-order chi connectivity index (χ1) is 10.1. The van der Waals surface area contributed by atoms with E-state index in [4.69, 9.17) is 0 Å². The Balaban J connectivity index is 1.77. The summed E-state index contributed by atoms with van der Waals surface area (Å²) in [5.74, 6) is -1.33. The van der Waals surface area contributed by atoms with Gasteiger partial charge in [0, 0.05) is 30.8 Å². The van der Waals surface area contributed by atoms with Crippen LogP contribution in [0.4, 0.5) is 8.78 Å². The second kappa shape index (κ2) is 7.82. The van der Waals surface area contributed by atoms with Crippen LogP contribution in [-0.4, -0.2) is 42.2 Å². The molecule has 2 unspecified atom stereocenters. The maximum absolute atomic E-state index is 13.5. The first-order valence-corrected chi connectivity index (χ1v) is 7.65. The molecule has 0 spiro atoms. The molecule has 0 bridgehead atoms. The zero-order chi connectivity index (χ0) is 15.2. The summed E-state index contributed by atoms with van der Waals surface area (Å²) in [4.78, 5) is 2.43.